The smallest absolute Gasteiger partial charge is 0.294 e. The van der Waals surface area contributed by atoms with Gasteiger partial charge in [-0.25, -0.2) is 0 Å². The maximum absolute atomic E-state index is 13.3. The number of benzene rings is 2. The summed E-state index contributed by atoms with van der Waals surface area (Å²) in [5.41, 5.74) is 2.92. The molecule has 0 atom stereocenters. The number of nitrogens with one attached hydrogen (secondary N) is 1. The Morgan fingerprint density at radius 2 is 1.62 bits per heavy atom. The van der Waals surface area contributed by atoms with E-state index in [1.165, 1.54) is 44.1 Å². The lowest BCUT2D eigenvalue weighted by atomic mass is 9.48. The molecule has 0 radical (unpaired) electrons. The Balaban J connectivity index is 1.20. The van der Waals surface area contributed by atoms with Gasteiger partial charge in [-0.1, -0.05) is 6.07 Å². The minimum atomic E-state index is -0.459. The van der Waals surface area contributed by atoms with Crippen molar-refractivity contribution in [2.45, 2.75) is 57.8 Å². The van der Waals surface area contributed by atoms with Crippen LogP contribution in [-0.4, -0.2) is 41.7 Å². The summed E-state index contributed by atoms with van der Waals surface area (Å²) in [6.45, 7) is 4.55. The van der Waals surface area contributed by atoms with Gasteiger partial charge in [0.15, 0.2) is 0 Å². The number of thioether (sulfide) groups is 1. The zero-order valence-electron chi connectivity index (χ0n) is 23.1. The summed E-state index contributed by atoms with van der Waals surface area (Å²) in [7, 11) is 0. The molecular formula is C32H36N2O5S. The highest BCUT2D eigenvalue weighted by Gasteiger charge is 2.51. The maximum Gasteiger partial charge on any atom is 0.294 e. The number of amides is 3. The summed E-state index contributed by atoms with van der Waals surface area (Å²) in [5, 5.41) is 2.30. The number of carbonyl (C=O) groups excluding carboxylic acids is 3. The van der Waals surface area contributed by atoms with Crippen LogP contribution in [0.1, 0.15) is 63.5 Å². The van der Waals surface area contributed by atoms with Gasteiger partial charge in [0.1, 0.15) is 18.0 Å². The molecule has 1 aliphatic heterocycles. The van der Waals surface area contributed by atoms with Crippen LogP contribution in [0.3, 0.4) is 0 Å². The van der Waals surface area contributed by atoms with E-state index in [2.05, 4.69) is 17.4 Å². The van der Waals surface area contributed by atoms with Gasteiger partial charge in [-0.2, -0.15) is 0 Å². The van der Waals surface area contributed by atoms with E-state index in [9.17, 15) is 14.4 Å². The first-order valence-corrected chi connectivity index (χ1v) is 15.2. The predicted molar refractivity (Wildman–Crippen MR) is 156 cm³/mol. The van der Waals surface area contributed by atoms with Gasteiger partial charge in [-0.15, -0.1) is 0 Å². The minimum Gasteiger partial charge on any atom is -0.494 e. The maximum atomic E-state index is 13.3. The summed E-state index contributed by atoms with van der Waals surface area (Å²) in [5.74, 6) is 2.99. The molecule has 3 amide bonds. The van der Waals surface area contributed by atoms with E-state index in [4.69, 9.17) is 9.47 Å². The molecule has 4 saturated carbocycles. The molecule has 0 spiro atoms. The topological polar surface area (TPSA) is 84.9 Å². The van der Waals surface area contributed by atoms with Crippen molar-refractivity contribution in [1.29, 1.82) is 0 Å². The number of nitrogens with zero attached hydrogens (tertiary/aromatic N) is 1. The van der Waals surface area contributed by atoms with Gasteiger partial charge >= 0.3 is 0 Å². The summed E-state index contributed by atoms with van der Waals surface area (Å²) in [6, 6.07) is 13.4. The second-order valence-corrected chi connectivity index (χ2v) is 12.7. The Morgan fingerprint density at radius 3 is 2.25 bits per heavy atom. The number of ether oxygens (including phenoxy) is 2. The van der Waals surface area contributed by atoms with Crippen LogP contribution in [0.4, 0.5) is 10.5 Å². The van der Waals surface area contributed by atoms with Crippen LogP contribution >= 0.6 is 11.8 Å². The molecule has 7 nitrogen and oxygen atoms in total. The van der Waals surface area contributed by atoms with E-state index >= 15 is 0 Å². The van der Waals surface area contributed by atoms with Crippen molar-refractivity contribution in [3.63, 3.8) is 0 Å². The Bertz CT molecular complexity index is 1320. The van der Waals surface area contributed by atoms with Gasteiger partial charge in [-0.3, -0.25) is 19.3 Å². The van der Waals surface area contributed by atoms with Crippen LogP contribution < -0.4 is 14.8 Å². The van der Waals surface area contributed by atoms with Gasteiger partial charge in [0, 0.05) is 11.3 Å². The molecule has 1 N–H and O–H groups in total. The molecule has 0 aromatic heterocycles. The van der Waals surface area contributed by atoms with Gasteiger partial charge in [-0.05, 0) is 135 Å². The molecule has 5 fully saturated rings. The normalized spacial score (nSPS) is 27.9. The summed E-state index contributed by atoms with van der Waals surface area (Å²) < 4.78 is 11.4. The van der Waals surface area contributed by atoms with Crippen LogP contribution in [0.2, 0.25) is 0 Å². The highest BCUT2D eigenvalue weighted by Crippen LogP contribution is 2.61. The monoisotopic (exact) mass is 560 g/mol. The molecule has 40 heavy (non-hydrogen) atoms. The zero-order chi connectivity index (χ0) is 27.9. The van der Waals surface area contributed by atoms with Crippen LogP contribution in [0, 0.1) is 17.8 Å². The number of hydrogen-bond donors (Lipinski definition) is 1. The zero-order valence-corrected chi connectivity index (χ0v) is 23.9. The first-order chi connectivity index (χ1) is 19.4. The fourth-order valence-electron chi connectivity index (χ4n) is 7.67. The third-order valence-corrected chi connectivity index (χ3v) is 9.78. The van der Waals surface area contributed by atoms with Crippen LogP contribution in [-0.2, 0) is 15.0 Å². The summed E-state index contributed by atoms with van der Waals surface area (Å²) in [4.78, 5) is 40.1. The molecule has 2 aromatic carbocycles. The molecule has 1 saturated heterocycles. The quantitative estimate of drug-likeness (QED) is 0.347. The van der Waals surface area contributed by atoms with Gasteiger partial charge in [0.25, 0.3) is 11.1 Å². The molecule has 4 bridgehead atoms. The van der Waals surface area contributed by atoms with E-state index in [-0.39, 0.29) is 12.0 Å². The number of anilines is 1. The fourth-order valence-corrected chi connectivity index (χ4v) is 8.49. The second kappa shape index (κ2) is 11.0. The van der Waals surface area contributed by atoms with Gasteiger partial charge < -0.3 is 14.8 Å². The van der Waals surface area contributed by atoms with Crippen molar-refractivity contribution in [3.05, 3.63) is 58.5 Å². The van der Waals surface area contributed by atoms with Crippen LogP contribution in [0.15, 0.2) is 47.4 Å². The Labute approximate surface area is 239 Å². The number of imide groups is 1. The number of hydrogen-bond acceptors (Lipinski definition) is 6. The van der Waals surface area contributed by atoms with E-state index in [1.807, 2.05) is 19.9 Å². The Hall–Kier alpha value is -3.26. The van der Waals surface area contributed by atoms with Crippen molar-refractivity contribution >= 4 is 40.6 Å². The number of rotatable bonds is 9. The molecule has 210 valence electrons. The third-order valence-electron chi connectivity index (χ3n) is 8.87. The van der Waals surface area contributed by atoms with Crippen molar-refractivity contribution < 1.29 is 23.9 Å². The molecule has 2 aromatic rings. The average Bonchev–Trinajstić information content (AvgIpc) is 3.17. The Kier molecular flexibility index (Phi) is 7.38. The average molecular weight is 561 g/mol. The van der Waals surface area contributed by atoms with Crippen LogP contribution in [0.25, 0.3) is 6.08 Å². The van der Waals surface area contributed by atoms with E-state index < -0.39 is 17.1 Å². The van der Waals surface area contributed by atoms with Crippen molar-refractivity contribution in [2.24, 2.45) is 17.8 Å². The number of carbonyl (C=O) groups is 3. The first-order valence-electron chi connectivity index (χ1n) is 14.4. The highest BCUT2D eigenvalue weighted by atomic mass is 32.2. The first kappa shape index (κ1) is 26.9. The van der Waals surface area contributed by atoms with E-state index in [0.29, 0.717) is 35.3 Å². The van der Waals surface area contributed by atoms with Crippen molar-refractivity contribution in [3.8, 4) is 11.5 Å². The molecule has 0 unspecified atom stereocenters. The standard InChI is InChI=1S/C32H36N2O5S/c1-3-38-26-8-6-25(7-9-26)33-29(35)19-34-30(36)28(40-31(34)37)15-23-14-24(5-10-27(23)39-4-2)32-16-20-11-21(17-32)13-22(12-20)18-32/h5-10,14-15,20-22H,3-4,11-13,16-19H2,1-2H3,(H,33,35)/b28-15+. The summed E-state index contributed by atoms with van der Waals surface area (Å²) >= 11 is 0.871. The van der Waals surface area contributed by atoms with Gasteiger partial charge in [0.05, 0.1) is 18.1 Å². The molecule has 7 rings (SSSR count). The SMILES string of the molecule is CCOc1ccc(NC(=O)CN2C(=O)S/C(=C/c3cc(C45CC6CC(CC(C6)C4)C5)ccc3OCC)C2=O)cc1. The molecule has 4 aliphatic carbocycles. The highest BCUT2D eigenvalue weighted by molar-refractivity contribution is 8.18. The largest absolute Gasteiger partial charge is 0.494 e. The third kappa shape index (κ3) is 5.26. The lowest BCUT2D eigenvalue weighted by Gasteiger charge is -2.57. The molecular weight excluding hydrogens is 524 g/mol. The Morgan fingerprint density at radius 1 is 0.975 bits per heavy atom. The second-order valence-electron chi connectivity index (χ2n) is 11.7. The van der Waals surface area contributed by atoms with E-state index in [1.54, 1.807) is 30.3 Å². The summed E-state index contributed by atoms with van der Waals surface area (Å²) in [6.07, 6.45) is 9.63. The van der Waals surface area contributed by atoms with Gasteiger partial charge in [0.2, 0.25) is 5.91 Å². The van der Waals surface area contributed by atoms with Crippen molar-refractivity contribution in [1.82, 2.24) is 4.90 Å². The lowest BCUT2D eigenvalue weighted by Crippen LogP contribution is -2.48. The molecule has 1 heterocycles. The van der Waals surface area contributed by atoms with Crippen molar-refractivity contribution in [2.75, 3.05) is 25.1 Å². The predicted octanol–water partition coefficient (Wildman–Crippen LogP) is 6.63. The molecule has 5 aliphatic rings. The molecule has 8 heteroatoms. The lowest BCUT2D eigenvalue weighted by molar-refractivity contribution is -0.127. The van der Waals surface area contributed by atoms with E-state index in [0.717, 1.165) is 40.0 Å². The minimum absolute atomic E-state index is 0.209. The fraction of sp³-hybridized carbons (Fsp3) is 0.469. The van der Waals surface area contributed by atoms with Crippen LogP contribution in [0.5, 0.6) is 11.5 Å².